The summed E-state index contributed by atoms with van der Waals surface area (Å²) in [6.07, 6.45) is 0.863. The second-order valence-corrected chi connectivity index (χ2v) is 5.08. The summed E-state index contributed by atoms with van der Waals surface area (Å²) in [5.41, 5.74) is 5.46. The molecule has 0 saturated carbocycles. The van der Waals surface area contributed by atoms with Crippen LogP contribution in [0.15, 0.2) is 0 Å². The molecule has 2 atom stereocenters. The molecule has 0 saturated heterocycles. The summed E-state index contributed by atoms with van der Waals surface area (Å²) in [7, 11) is 0. The smallest absolute Gasteiger partial charge is 0.120 e. The molecule has 3 heteroatoms. The predicted molar refractivity (Wildman–Crippen MR) is 55.8 cm³/mol. The van der Waals surface area contributed by atoms with Crippen molar-refractivity contribution < 1.29 is 5.11 Å². The van der Waals surface area contributed by atoms with Crippen LogP contribution in [0, 0.1) is 16.7 Å². The summed E-state index contributed by atoms with van der Waals surface area (Å²) < 4.78 is 0. The molecule has 0 aromatic heterocycles. The lowest BCUT2D eigenvalue weighted by Crippen LogP contribution is -2.30. The lowest BCUT2D eigenvalue weighted by molar-refractivity contribution is 0.184. The zero-order chi connectivity index (χ0) is 10.6. The summed E-state index contributed by atoms with van der Waals surface area (Å²) in [5.74, 6) is 0.277. The van der Waals surface area contributed by atoms with Gasteiger partial charge in [-0.2, -0.15) is 0 Å². The van der Waals surface area contributed by atoms with Crippen molar-refractivity contribution in [2.75, 3.05) is 0 Å². The van der Waals surface area contributed by atoms with Crippen LogP contribution in [-0.2, 0) is 0 Å². The largest absolute Gasteiger partial charge is 0.385 e. The van der Waals surface area contributed by atoms with Crippen molar-refractivity contribution in [3.8, 4) is 0 Å². The molecule has 78 valence electrons. The number of hydrogen-bond donors (Lipinski definition) is 3. The van der Waals surface area contributed by atoms with Gasteiger partial charge in [-0.25, -0.2) is 0 Å². The van der Waals surface area contributed by atoms with Crippen molar-refractivity contribution in [2.24, 2.45) is 17.1 Å². The Labute approximate surface area is 80.8 Å². The van der Waals surface area contributed by atoms with Crippen LogP contribution in [0.3, 0.4) is 0 Å². The quantitative estimate of drug-likeness (QED) is 0.462. The molecule has 0 aliphatic rings. The van der Waals surface area contributed by atoms with Crippen LogP contribution >= 0.6 is 0 Å². The van der Waals surface area contributed by atoms with E-state index in [-0.39, 0.29) is 11.3 Å². The fourth-order valence-corrected chi connectivity index (χ4v) is 1.64. The van der Waals surface area contributed by atoms with Crippen LogP contribution in [0.25, 0.3) is 0 Å². The van der Waals surface area contributed by atoms with Gasteiger partial charge in [0.25, 0.3) is 0 Å². The molecule has 13 heavy (non-hydrogen) atoms. The topological polar surface area (TPSA) is 70.1 Å². The molecule has 0 aliphatic carbocycles. The fraction of sp³-hybridized carbons (Fsp3) is 0.900. The first-order chi connectivity index (χ1) is 5.72. The summed E-state index contributed by atoms with van der Waals surface area (Å²) in [4.78, 5) is 0. The third-order valence-corrected chi connectivity index (χ3v) is 1.95. The summed E-state index contributed by atoms with van der Waals surface area (Å²) in [6, 6.07) is 0. The van der Waals surface area contributed by atoms with Crippen molar-refractivity contribution in [1.29, 1.82) is 5.41 Å². The number of hydrogen-bond acceptors (Lipinski definition) is 2. The fourth-order valence-electron chi connectivity index (χ4n) is 1.64. The highest BCUT2D eigenvalue weighted by atomic mass is 16.3. The highest BCUT2D eigenvalue weighted by molar-refractivity contribution is 5.81. The Kier molecular flexibility index (Phi) is 4.40. The van der Waals surface area contributed by atoms with Crippen LogP contribution in [0.4, 0.5) is 0 Å². The van der Waals surface area contributed by atoms with Crippen molar-refractivity contribution in [2.45, 2.75) is 46.6 Å². The molecule has 0 amide bonds. The van der Waals surface area contributed by atoms with Gasteiger partial charge in [0, 0.05) is 0 Å². The van der Waals surface area contributed by atoms with Crippen molar-refractivity contribution >= 4 is 5.84 Å². The second kappa shape index (κ2) is 4.61. The molecule has 2 unspecified atom stereocenters. The zero-order valence-electron chi connectivity index (χ0n) is 9.09. The Bertz CT molecular complexity index is 172. The lowest BCUT2D eigenvalue weighted by Gasteiger charge is -2.24. The third-order valence-electron chi connectivity index (χ3n) is 1.95. The average Bonchev–Trinajstić information content (AvgIpc) is 1.81. The summed E-state index contributed by atoms with van der Waals surface area (Å²) in [6.45, 7) is 8.59. The van der Waals surface area contributed by atoms with Gasteiger partial charge in [0.1, 0.15) is 11.9 Å². The molecule has 0 aliphatic heterocycles. The van der Waals surface area contributed by atoms with Crippen molar-refractivity contribution in [3.05, 3.63) is 0 Å². The molecule has 0 radical (unpaired) electrons. The Hall–Kier alpha value is -0.570. The molecule has 0 spiro atoms. The highest BCUT2D eigenvalue weighted by Gasteiger charge is 2.18. The van der Waals surface area contributed by atoms with Crippen LogP contribution in [0.2, 0.25) is 0 Å². The number of amidine groups is 1. The Morgan fingerprint density at radius 3 is 2.23 bits per heavy atom. The molecule has 0 bridgehead atoms. The van der Waals surface area contributed by atoms with Crippen LogP contribution in [-0.4, -0.2) is 17.0 Å². The Morgan fingerprint density at radius 1 is 1.46 bits per heavy atom. The number of aliphatic hydroxyl groups excluding tert-OH is 1. The first-order valence-electron chi connectivity index (χ1n) is 4.74. The molecule has 0 rings (SSSR count). The van der Waals surface area contributed by atoms with E-state index in [1.54, 1.807) is 0 Å². The van der Waals surface area contributed by atoms with Gasteiger partial charge in [0.15, 0.2) is 0 Å². The first kappa shape index (κ1) is 12.4. The van der Waals surface area contributed by atoms with Crippen molar-refractivity contribution in [1.82, 2.24) is 0 Å². The maximum Gasteiger partial charge on any atom is 0.120 e. The molecule has 0 aromatic carbocycles. The minimum atomic E-state index is -0.766. The van der Waals surface area contributed by atoms with E-state index in [1.807, 2.05) is 0 Å². The van der Waals surface area contributed by atoms with Crippen molar-refractivity contribution in [3.63, 3.8) is 0 Å². The molecule has 0 aromatic rings. The van der Waals surface area contributed by atoms with Gasteiger partial charge in [-0.3, -0.25) is 5.41 Å². The molecule has 0 heterocycles. The molecule has 0 fully saturated rings. The number of rotatable bonds is 4. The Balaban J connectivity index is 3.88. The standard InChI is InChI=1S/C10H22N2O/c1-7(6-10(2,3)4)5-8(13)9(11)12/h7-8,13H,5-6H2,1-4H3,(H3,11,12). The first-order valence-corrected chi connectivity index (χ1v) is 4.74. The monoisotopic (exact) mass is 186 g/mol. The molecule has 4 N–H and O–H groups in total. The zero-order valence-corrected chi connectivity index (χ0v) is 9.09. The van der Waals surface area contributed by atoms with Gasteiger partial charge in [0.2, 0.25) is 0 Å². The van der Waals surface area contributed by atoms with E-state index >= 15 is 0 Å². The van der Waals surface area contributed by atoms with E-state index < -0.39 is 6.10 Å². The summed E-state index contributed by atoms with van der Waals surface area (Å²) in [5, 5.41) is 16.4. The maximum absolute atomic E-state index is 9.34. The average molecular weight is 186 g/mol. The van der Waals surface area contributed by atoms with Gasteiger partial charge in [-0.15, -0.1) is 0 Å². The van der Waals surface area contributed by atoms with Gasteiger partial charge in [0.05, 0.1) is 0 Å². The molecular formula is C10H22N2O. The van der Waals surface area contributed by atoms with Crippen LogP contribution in [0.5, 0.6) is 0 Å². The minimum Gasteiger partial charge on any atom is -0.385 e. The minimum absolute atomic E-state index is 0.124. The second-order valence-electron chi connectivity index (χ2n) is 5.08. The van der Waals surface area contributed by atoms with Gasteiger partial charge in [-0.1, -0.05) is 27.7 Å². The lowest BCUT2D eigenvalue weighted by atomic mass is 9.83. The van der Waals surface area contributed by atoms with E-state index in [0.29, 0.717) is 12.3 Å². The number of nitrogens with two attached hydrogens (primary N) is 1. The van der Waals surface area contributed by atoms with E-state index in [2.05, 4.69) is 27.7 Å². The predicted octanol–water partition coefficient (Wildman–Crippen LogP) is 1.75. The normalized spacial score (nSPS) is 16.7. The molecular weight excluding hydrogens is 164 g/mol. The SMILES string of the molecule is CC(CC(O)C(=N)N)CC(C)(C)C. The van der Waals surface area contributed by atoms with E-state index in [4.69, 9.17) is 11.1 Å². The third kappa shape index (κ3) is 6.58. The Morgan fingerprint density at radius 2 is 1.92 bits per heavy atom. The number of nitrogens with one attached hydrogen (secondary N) is 1. The van der Waals surface area contributed by atoms with Crippen LogP contribution < -0.4 is 5.73 Å². The maximum atomic E-state index is 9.34. The van der Waals surface area contributed by atoms with Gasteiger partial charge >= 0.3 is 0 Å². The van der Waals surface area contributed by atoms with E-state index in [9.17, 15) is 5.11 Å². The van der Waals surface area contributed by atoms with Crippen LogP contribution in [0.1, 0.15) is 40.5 Å². The number of aliphatic hydroxyl groups is 1. The van der Waals surface area contributed by atoms with E-state index in [1.165, 1.54) is 0 Å². The van der Waals surface area contributed by atoms with Gasteiger partial charge < -0.3 is 10.8 Å². The summed E-state index contributed by atoms with van der Waals surface area (Å²) >= 11 is 0. The van der Waals surface area contributed by atoms with E-state index in [0.717, 1.165) is 6.42 Å². The molecule has 3 nitrogen and oxygen atoms in total. The van der Waals surface area contributed by atoms with Gasteiger partial charge in [-0.05, 0) is 24.2 Å². The highest BCUT2D eigenvalue weighted by Crippen LogP contribution is 2.26.